The number of hydrogen-bond acceptors (Lipinski definition) is 3. The Bertz CT molecular complexity index is 666. The molecule has 112 valence electrons. The maximum Gasteiger partial charge on any atom is 0.216 e. The highest BCUT2D eigenvalue weighted by Crippen LogP contribution is 2.35. The zero-order chi connectivity index (χ0) is 15.0. The van der Waals surface area contributed by atoms with Crippen molar-refractivity contribution in [3.63, 3.8) is 0 Å². The maximum atomic E-state index is 6.27. The lowest BCUT2D eigenvalue weighted by Crippen LogP contribution is -2.19. The number of nitrogens with zero attached hydrogens (tertiary/aromatic N) is 2. The maximum absolute atomic E-state index is 6.27. The summed E-state index contributed by atoms with van der Waals surface area (Å²) in [6.45, 7) is 2.76. The van der Waals surface area contributed by atoms with Crippen molar-refractivity contribution in [1.29, 1.82) is 0 Å². The number of fused-ring (bicyclic) bond motifs is 1. The fraction of sp³-hybridized carbons (Fsp3) is 0.438. The summed E-state index contributed by atoms with van der Waals surface area (Å²) in [5, 5.41) is 8.92. The summed E-state index contributed by atoms with van der Waals surface area (Å²) >= 11 is 6.27. The van der Waals surface area contributed by atoms with Gasteiger partial charge in [0.15, 0.2) is 0 Å². The molecule has 1 aromatic heterocycles. The van der Waals surface area contributed by atoms with Gasteiger partial charge >= 0.3 is 0 Å². The first-order chi connectivity index (χ1) is 10.1. The van der Waals surface area contributed by atoms with Gasteiger partial charge in [-0.05, 0) is 37.0 Å². The Balaban J connectivity index is 1.78. The van der Waals surface area contributed by atoms with Crippen LogP contribution in [0.1, 0.15) is 34.8 Å². The van der Waals surface area contributed by atoms with Crippen LogP contribution in [0, 0.1) is 6.92 Å². The van der Waals surface area contributed by atoms with Crippen LogP contribution in [0.15, 0.2) is 18.2 Å². The molecule has 0 saturated carbocycles. The number of benzene rings is 1. The summed E-state index contributed by atoms with van der Waals surface area (Å²) in [5.41, 5.74) is 4.73. The third-order valence-electron chi connectivity index (χ3n) is 4.22. The van der Waals surface area contributed by atoms with E-state index in [0.717, 1.165) is 41.5 Å². The highest BCUT2D eigenvalue weighted by molar-refractivity contribution is 6.31. The molecule has 1 aliphatic rings. The van der Waals surface area contributed by atoms with Crippen LogP contribution in [0.3, 0.4) is 0 Å². The van der Waals surface area contributed by atoms with Gasteiger partial charge < -0.3 is 10.1 Å². The van der Waals surface area contributed by atoms with Gasteiger partial charge in [0.1, 0.15) is 0 Å². The van der Waals surface area contributed by atoms with Crippen LogP contribution < -0.4 is 10.1 Å². The fourth-order valence-corrected chi connectivity index (χ4v) is 3.46. The van der Waals surface area contributed by atoms with E-state index in [-0.39, 0.29) is 0 Å². The van der Waals surface area contributed by atoms with Gasteiger partial charge in [0.25, 0.3) is 0 Å². The molecule has 0 unspecified atom stereocenters. The third kappa shape index (κ3) is 2.54. The van der Waals surface area contributed by atoms with E-state index in [9.17, 15) is 0 Å². The van der Waals surface area contributed by atoms with Crippen LogP contribution in [0.5, 0.6) is 5.88 Å². The Morgan fingerprint density at radius 3 is 3.05 bits per heavy atom. The molecule has 21 heavy (non-hydrogen) atoms. The van der Waals surface area contributed by atoms with Gasteiger partial charge in [0.05, 0.1) is 18.4 Å². The van der Waals surface area contributed by atoms with Gasteiger partial charge in [-0.1, -0.05) is 23.7 Å². The Kier molecular flexibility index (Phi) is 3.91. The average Bonchev–Trinajstić information content (AvgIpc) is 2.98. The first kappa shape index (κ1) is 14.4. The molecule has 1 N–H and O–H groups in total. The molecule has 3 rings (SSSR count). The molecule has 4 nitrogen and oxygen atoms in total. The van der Waals surface area contributed by atoms with E-state index in [1.165, 1.54) is 11.1 Å². The van der Waals surface area contributed by atoms with Gasteiger partial charge in [-0.3, -0.25) is 0 Å². The number of aromatic nitrogens is 2. The highest BCUT2D eigenvalue weighted by Gasteiger charge is 2.24. The Labute approximate surface area is 130 Å². The molecule has 0 radical (unpaired) electrons. The summed E-state index contributed by atoms with van der Waals surface area (Å²) < 4.78 is 7.22. The number of rotatable bonds is 4. The average molecular weight is 306 g/mol. The van der Waals surface area contributed by atoms with Crippen LogP contribution >= 0.6 is 11.6 Å². The van der Waals surface area contributed by atoms with Crippen molar-refractivity contribution < 1.29 is 4.74 Å². The van der Waals surface area contributed by atoms with Crippen molar-refractivity contribution in [1.82, 2.24) is 15.1 Å². The minimum Gasteiger partial charge on any atom is -0.481 e. The largest absolute Gasteiger partial charge is 0.481 e. The van der Waals surface area contributed by atoms with E-state index in [4.69, 9.17) is 16.3 Å². The Morgan fingerprint density at radius 2 is 2.29 bits per heavy atom. The number of aryl methyl sites for hydroxylation is 2. The van der Waals surface area contributed by atoms with Crippen LogP contribution in [0.4, 0.5) is 0 Å². The topological polar surface area (TPSA) is 39.1 Å². The van der Waals surface area contributed by atoms with Crippen LogP contribution in [0.2, 0.25) is 5.02 Å². The molecule has 5 heteroatoms. The molecule has 0 bridgehead atoms. The van der Waals surface area contributed by atoms with Gasteiger partial charge in [-0.25, -0.2) is 4.68 Å². The zero-order valence-corrected chi connectivity index (χ0v) is 13.4. The molecule has 0 fully saturated rings. The number of hydrogen-bond donors (Lipinski definition) is 1. The molecule has 1 aromatic carbocycles. The van der Waals surface area contributed by atoms with Crippen molar-refractivity contribution in [3.05, 3.63) is 45.6 Å². The van der Waals surface area contributed by atoms with E-state index in [1.807, 2.05) is 26.1 Å². The minimum atomic E-state index is 0.350. The smallest absolute Gasteiger partial charge is 0.216 e. The van der Waals surface area contributed by atoms with Gasteiger partial charge in [0, 0.05) is 24.7 Å². The lowest BCUT2D eigenvalue weighted by Gasteiger charge is -2.14. The SMILES string of the molecule is COc1c(CN[C@H]2CCc3c(Cl)cccc32)c(C)nn1C. The first-order valence-electron chi connectivity index (χ1n) is 7.19. The van der Waals surface area contributed by atoms with Crippen molar-refractivity contribution in [2.24, 2.45) is 7.05 Å². The molecular weight excluding hydrogens is 286 g/mol. The molecule has 0 amide bonds. The van der Waals surface area contributed by atoms with Crippen molar-refractivity contribution in [2.75, 3.05) is 7.11 Å². The second-order valence-electron chi connectivity index (χ2n) is 5.48. The molecule has 0 spiro atoms. The molecule has 0 saturated heterocycles. The van der Waals surface area contributed by atoms with E-state index < -0.39 is 0 Å². The van der Waals surface area contributed by atoms with Crippen molar-refractivity contribution in [2.45, 2.75) is 32.4 Å². The van der Waals surface area contributed by atoms with E-state index in [1.54, 1.807) is 11.8 Å². The van der Waals surface area contributed by atoms with Crippen LogP contribution in [-0.4, -0.2) is 16.9 Å². The summed E-state index contributed by atoms with van der Waals surface area (Å²) in [6, 6.07) is 6.51. The molecule has 1 aliphatic carbocycles. The Hall–Kier alpha value is -1.52. The van der Waals surface area contributed by atoms with Gasteiger partial charge in [-0.15, -0.1) is 0 Å². The molecule has 1 atom stereocenters. The normalized spacial score (nSPS) is 17.0. The first-order valence-corrected chi connectivity index (χ1v) is 7.56. The Morgan fingerprint density at radius 1 is 1.48 bits per heavy atom. The monoisotopic (exact) mass is 305 g/mol. The second-order valence-corrected chi connectivity index (χ2v) is 5.88. The van der Waals surface area contributed by atoms with Gasteiger partial charge in [0.2, 0.25) is 5.88 Å². The highest BCUT2D eigenvalue weighted by atomic mass is 35.5. The van der Waals surface area contributed by atoms with Crippen LogP contribution in [-0.2, 0) is 20.0 Å². The quantitative estimate of drug-likeness (QED) is 0.943. The standard InChI is InChI=1S/C16H20ClN3O/c1-10-13(16(21-3)20(2)19-10)9-18-15-8-7-11-12(15)5-4-6-14(11)17/h4-6,15,18H,7-9H2,1-3H3/t15-/m0/s1. The van der Waals surface area contributed by atoms with Crippen LogP contribution in [0.25, 0.3) is 0 Å². The van der Waals surface area contributed by atoms with E-state index in [2.05, 4.69) is 16.5 Å². The molecular formula is C16H20ClN3O. The van der Waals surface area contributed by atoms with E-state index in [0.29, 0.717) is 6.04 Å². The molecule has 2 aromatic rings. The fourth-order valence-electron chi connectivity index (χ4n) is 3.19. The summed E-state index contributed by atoms with van der Waals surface area (Å²) in [6.07, 6.45) is 2.12. The lowest BCUT2D eigenvalue weighted by molar-refractivity contribution is 0.366. The predicted molar refractivity (Wildman–Crippen MR) is 83.9 cm³/mol. The summed E-state index contributed by atoms with van der Waals surface area (Å²) in [7, 11) is 3.59. The zero-order valence-electron chi connectivity index (χ0n) is 12.6. The minimum absolute atomic E-state index is 0.350. The number of ether oxygens (including phenoxy) is 1. The molecule has 1 heterocycles. The number of methoxy groups -OCH3 is 1. The van der Waals surface area contributed by atoms with Gasteiger partial charge in [-0.2, -0.15) is 5.10 Å². The predicted octanol–water partition coefficient (Wildman–Crippen LogP) is 3.17. The second kappa shape index (κ2) is 5.70. The number of nitrogens with one attached hydrogen (secondary N) is 1. The summed E-state index contributed by atoms with van der Waals surface area (Å²) in [4.78, 5) is 0. The lowest BCUT2D eigenvalue weighted by atomic mass is 10.1. The van der Waals surface area contributed by atoms with E-state index >= 15 is 0 Å². The number of halogens is 1. The van der Waals surface area contributed by atoms with Crippen molar-refractivity contribution in [3.8, 4) is 5.88 Å². The van der Waals surface area contributed by atoms with Crippen molar-refractivity contribution >= 4 is 11.6 Å². The molecule has 0 aliphatic heterocycles. The summed E-state index contributed by atoms with van der Waals surface area (Å²) in [5.74, 6) is 0.823. The third-order valence-corrected chi connectivity index (χ3v) is 4.58.